The van der Waals surface area contributed by atoms with Crippen molar-refractivity contribution in [2.24, 2.45) is 5.92 Å². The SMILES string of the molecule is O=C(O)C(CCc1ccsc1)Cc1cccc(Cl)c1. The Morgan fingerprint density at radius 3 is 2.79 bits per heavy atom. The van der Waals surface area contributed by atoms with Crippen LogP contribution in [0.5, 0.6) is 0 Å². The number of aliphatic carboxylic acids is 1. The molecule has 0 saturated heterocycles. The first-order chi connectivity index (χ1) is 9.15. The maximum Gasteiger partial charge on any atom is 0.306 e. The van der Waals surface area contributed by atoms with Gasteiger partial charge >= 0.3 is 5.97 Å². The van der Waals surface area contributed by atoms with Crippen molar-refractivity contribution in [3.63, 3.8) is 0 Å². The third-order valence-corrected chi connectivity index (χ3v) is 4.05. The van der Waals surface area contributed by atoms with E-state index < -0.39 is 5.97 Å². The van der Waals surface area contributed by atoms with Gasteiger partial charge in [-0.1, -0.05) is 23.7 Å². The second-order valence-electron chi connectivity index (χ2n) is 4.54. The predicted octanol–water partition coefficient (Wildman–Crippen LogP) is 4.28. The molecule has 1 heterocycles. The van der Waals surface area contributed by atoms with Gasteiger partial charge in [0.05, 0.1) is 5.92 Å². The monoisotopic (exact) mass is 294 g/mol. The van der Waals surface area contributed by atoms with Crippen molar-refractivity contribution in [3.8, 4) is 0 Å². The smallest absolute Gasteiger partial charge is 0.306 e. The van der Waals surface area contributed by atoms with E-state index in [1.807, 2.05) is 29.6 Å². The van der Waals surface area contributed by atoms with Crippen LogP contribution in [0.25, 0.3) is 0 Å². The highest BCUT2D eigenvalue weighted by Gasteiger charge is 2.18. The van der Waals surface area contributed by atoms with Gasteiger partial charge in [-0.25, -0.2) is 0 Å². The maximum atomic E-state index is 11.3. The largest absolute Gasteiger partial charge is 0.481 e. The molecular formula is C15H15ClO2S. The van der Waals surface area contributed by atoms with Gasteiger partial charge in [0.25, 0.3) is 0 Å². The minimum absolute atomic E-state index is 0.363. The molecule has 4 heteroatoms. The summed E-state index contributed by atoms with van der Waals surface area (Å²) in [6.45, 7) is 0. The van der Waals surface area contributed by atoms with Crippen LogP contribution in [0.15, 0.2) is 41.1 Å². The zero-order chi connectivity index (χ0) is 13.7. The van der Waals surface area contributed by atoms with Crippen LogP contribution in [0.2, 0.25) is 5.02 Å². The summed E-state index contributed by atoms with van der Waals surface area (Å²) in [6, 6.07) is 9.46. The fourth-order valence-corrected chi connectivity index (χ4v) is 2.95. The number of rotatable bonds is 6. The number of benzene rings is 1. The molecule has 1 aromatic carbocycles. The molecule has 0 saturated carbocycles. The summed E-state index contributed by atoms with van der Waals surface area (Å²) in [5.41, 5.74) is 2.19. The van der Waals surface area contributed by atoms with E-state index in [0.717, 1.165) is 12.0 Å². The van der Waals surface area contributed by atoms with Gasteiger partial charge in [0.2, 0.25) is 0 Å². The number of thiophene rings is 1. The normalized spacial score (nSPS) is 12.3. The lowest BCUT2D eigenvalue weighted by atomic mass is 9.93. The molecule has 2 rings (SSSR count). The average molecular weight is 295 g/mol. The minimum Gasteiger partial charge on any atom is -0.481 e. The molecule has 0 aliphatic heterocycles. The van der Waals surface area contributed by atoms with Gasteiger partial charge in [-0.05, 0) is 59.3 Å². The summed E-state index contributed by atoms with van der Waals surface area (Å²) >= 11 is 7.56. The molecule has 1 atom stereocenters. The van der Waals surface area contributed by atoms with Crippen molar-refractivity contribution in [1.29, 1.82) is 0 Å². The molecule has 2 aromatic rings. The first kappa shape index (κ1) is 14.1. The fraction of sp³-hybridized carbons (Fsp3) is 0.267. The highest BCUT2D eigenvalue weighted by molar-refractivity contribution is 7.07. The Morgan fingerprint density at radius 2 is 2.16 bits per heavy atom. The predicted molar refractivity (Wildman–Crippen MR) is 78.9 cm³/mol. The molecule has 1 aromatic heterocycles. The number of carbonyl (C=O) groups is 1. The third-order valence-electron chi connectivity index (χ3n) is 3.08. The molecule has 0 radical (unpaired) electrons. The summed E-state index contributed by atoms with van der Waals surface area (Å²) < 4.78 is 0. The Hall–Kier alpha value is -1.32. The van der Waals surface area contributed by atoms with Crippen molar-refractivity contribution >= 4 is 28.9 Å². The van der Waals surface area contributed by atoms with Gasteiger partial charge in [-0.3, -0.25) is 4.79 Å². The first-order valence-corrected chi connectivity index (χ1v) is 7.45. The fourth-order valence-electron chi connectivity index (χ4n) is 2.04. The number of hydrogen-bond acceptors (Lipinski definition) is 2. The molecule has 0 aliphatic rings. The third kappa shape index (κ3) is 4.37. The van der Waals surface area contributed by atoms with Gasteiger partial charge < -0.3 is 5.11 Å². The molecule has 0 bridgehead atoms. The van der Waals surface area contributed by atoms with Crippen molar-refractivity contribution in [2.45, 2.75) is 19.3 Å². The molecule has 19 heavy (non-hydrogen) atoms. The Bertz CT molecular complexity index is 537. The van der Waals surface area contributed by atoms with Crippen molar-refractivity contribution in [1.82, 2.24) is 0 Å². The van der Waals surface area contributed by atoms with E-state index in [-0.39, 0.29) is 5.92 Å². The van der Waals surface area contributed by atoms with Crippen LogP contribution >= 0.6 is 22.9 Å². The average Bonchev–Trinajstić information content (AvgIpc) is 2.87. The highest BCUT2D eigenvalue weighted by atomic mass is 35.5. The van der Waals surface area contributed by atoms with E-state index in [0.29, 0.717) is 17.9 Å². The summed E-state index contributed by atoms with van der Waals surface area (Å²) in [5, 5.41) is 14.0. The Labute approximate surface area is 121 Å². The topological polar surface area (TPSA) is 37.3 Å². The zero-order valence-electron chi connectivity index (χ0n) is 10.4. The van der Waals surface area contributed by atoms with Crippen LogP contribution in [0, 0.1) is 5.92 Å². The minimum atomic E-state index is -0.741. The van der Waals surface area contributed by atoms with Gasteiger partial charge in [-0.2, -0.15) is 11.3 Å². The lowest BCUT2D eigenvalue weighted by molar-refractivity contribution is -0.141. The van der Waals surface area contributed by atoms with Crippen molar-refractivity contribution in [2.75, 3.05) is 0 Å². The number of carboxylic acid groups (broad SMARTS) is 1. The molecule has 0 aliphatic carbocycles. The zero-order valence-corrected chi connectivity index (χ0v) is 12.0. The maximum absolute atomic E-state index is 11.3. The summed E-state index contributed by atoms with van der Waals surface area (Å²) in [6.07, 6.45) is 1.99. The van der Waals surface area contributed by atoms with Crippen LogP contribution in [0.1, 0.15) is 17.5 Å². The van der Waals surface area contributed by atoms with E-state index >= 15 is 0 Å². The summed E-state index contributed by atoms with van der Waals surface area (Å²) in [5.74, 6) is -1.10. The first-order valence-electron chi connectivity index (χ1n) is 6.13. The van der Waals surface area contributed by atoms with Crippen LogP contribution in [-0.2, 0) is 17.6 Å². The molecule has 0 fully saturated rings. The van der Waals surface area contributed by atoms with Gasteiger partial charge in [-0.15, -0.1) is 0 Å². The van der Waals surface area contributed by atoms with E-state index in [1.165, 1.54) is 5.56 Å². The van der Waals surface area contributed by atoms with Gasteiger partial charge in [0.15, 0.2) is 0 Å². The number of halogens is 1. The van der Waals surface area contributed by atoms with E-state index in [2.05, 4.69) is 5.38 Å². The lowest BCUT2D eigenvalue weighted by Crippen LogP contribution is -2.17. The van der Waals surface area contributed by atoms with E-state index in [1.54, 1.807) is 17.4 Å². The van der Waals surface area contributed by atoms with Gasteiger partial charge in [0.1, 0.15) is 0 Å². The molecule has 1 unspecified atom stereocenters. The van der Waals surface area contributed by atoms with Crippen molar-refractivity contribution < 1.29 is 9.90 Å². The number of aryl methyl sites for hydroxylation is 1. The van der Waals surface area contributed by atoms with Crippen LogP contribution in [-0.4, -0.2) is 11.1 Å². The Balaban J connectivity index is 1.98. The van der Waals surface area contributed by atoms with Crippen LogP contribution in [0.4, 0.5) is 0 Å². The Morgan fingerprint density at radius 1 is 1.32 bits per heavy atom. The standard InChI is InChI=1S/C15H15ClO2S/c16-14-3-1-2-12(9-14)8-13(15(17)18)5-4-11-6-7-19-10-11/h1-3,6-7,9-10,13H,4-5,8H2,(H,17,18). The summed E-state index contributed by atoms with van der Waals surface area (Å²) in [7, 11) is 0. The second kappa shape index (κ2) is 6.73. The van der Waals surface area contributed by atoms with Gasteiger partial charge in [0, 0.05) is 5.02 Å². The quantitative estimate of drug-likeness (QED) is 0.863. The van der Waals surface area contributed by atoms with Crippen LogP contribution in [0.3, 0.4) is 0 Å². The van der Waals surface area contributed by atoms with E-state index in [9.17, 15) is 9.90 Å². The number of carboxylic acids is 1. The molecule has 0 spiro atoms. The molecule has 2 nitrogen and oxygen atoms in total. The molecule has 0 amide bonds. The Kier molecular flexibility index (Phi) is 5.00. The van der Waals surface area contributed by atoms with Crippen LogP contribution < -0.4 is 0 Å². The molecule has 100 valence electrons. The van der Waals surface area contributed by atoms with Crippen molar-refractivity contribution in [3.05, 3.63) is 57.2 Å². The molecule has 1 N–H and O–H groups in total. The highest BCUT2D eigenvalue weighted by Crippen LogP contribution is 2.19. The van der Waals surface area contributed by atoms with E-state index in [4.69, 9.17) is 11.6 Å². The summed E-state index contributed by atoms with van der Waals surface area (Å²) in [4.78, 5) is 11.3. The lowest BCUT2D eigenvalue weighted by Gasteiger charge is -2.12. The molecular weight excluding hydrogens is 280 g/mol. The number of hydrogen-bond donors (Lipinski definition) is 1. The second-order valence-corrected chi connectivity index (χ2v) is 5.76.